The van der Waals surface area contributed by atoms with E-state index in [9.17, 15) is 0 Å². The molecule has 0 radical (unpaired) electrons. The molecule has 0 aromatic rings. The second-order valence-electron chi connectivity index (χ2n) is 3.01. The highest BCUT2D eigenvalue weighted by Gasteiger charge is 2.15. The fourth-order valence-electron chi connectivity index (χ4n) is 1.08. The van der Waals surface area contributed by atoms with E-state index in [-0.39, 0.29) is 5.96 Å². The molecule has 0 aromatic heterocycles. The third kappa shape index (κ3) is 6.96. The second kappa shape index (κ2) is 8.17. The first-order chi connectivity index (χ1) is 7.29. The number of hydrogen-bond donors (Lipinski definition) is 3. The van der Waals surface area contributed by atoms with E-state index in [1.807, 2.05) is 0 Å². The molecule has 1 rings (SSSR count). The lowest BCUT2D eigenvalue weighted by Gasteiger charge is -2.20. The molecule has 0 amide bonds. The summed E-state index contributed by atoms with van der Waals surface area (Å²) in [5.41, 5.74) is 5.16. The Morgan fingerprint density at radius 1 is 1.27 bits per heavy atom. The van der Waals surface area contributed by atoms with Gasteiger partial charge in [-0.2, -0.15) is 0 Å². The number of rotatable bonds is 4. The van der Waals surface area contributed by atoms with Crippen molar-refractivity contribution in [2.45, 2.75) is 12.5 Å². The topological polar surface area (TPSA) is 98.8 Å². The van der Waals surface area contributed by atoms with Crippen molar-refractivity contribution in [2.24, 2.45) is 5.73 Å². The summed E-state index contributed by atoms with van der Waals surface area (Å²) >= 11 is 0. The third-order valence-electron chi connectivity index (χ3n) is 1.77. The van der Waals surface area contributed by atoms with Crippen LogP contribution in [-0.2, 0) is 16.5 Å². The number of hydrogen-bond acceptors (Lipinski definition) is 5. The van der Waals surface area contributed by atoms with Crippen molar-refractivity contribution in [1.29, 1.82) is 5.41 Å². The van der Waals surface area contributed by atoms with Crippen LogP contribution in [-0.4, -0.2) is 51.8 Å². The van der Waals surface area contributed by atoms with Crippen molar-refractivity contribution < 1.29 is 16.5 Å². The minimum Gasteiger partial charge on any atom is -0.425 e. The molecule has 1 aliphatic rings. The molecule has 1 aliphatic heterocycles. The predicted molar refractivity (Wildman–Crippen MR) is 66.5 cm³/mol. The van der Waals surface area contributed by atoms with E-state index in [1.165, 1.54) is 0 Å². The number of guanidine groups is 1. The van der Waals surface area contributed by atoms with E-state index < -0.39 is 39.3 Å². The van der Waals surface area contributed by atoms with Crippen molar-refractivity contribution in [3.63, 3.8) is 0 Å². The summed E-state index contributed by atoms with van der Waals surface area (Å²) in [5, 5.41) is 9.73. The van der Waals surface area contributed by atoms with Crippen LogP contribution < -0.4 is 11.1 Å². The fraction of sp³-hybridized carbons (Fsp3) is 0.750. The second-order valence-corrected chi connectivity index (χ2v) is 11.1. The molecule has 1 heterocycles. The molecule has 0 aliphatic carbocycles. The van der Waals surface area contributed by atoms with Gasteiger partial charge in [0.05, 0.1) is 0 Å². The van der Waals surface area contributed by atoms with Crippen molar-refractivity contribution in [3.05, 3.63) is 0 Å². The van der Waals surface area contributed by atoms with E-state index in [1.54, 1.807) is 0 Å². The molecule has 0 unspecified atom stereocenters. The Morgan fingerprint density at radius 3 is 2.53 bits per heavy atom. The van der Waals surface area contributed by atoms with Crippen LogP contribution in [0, 0.1) is 5.41 Å². The van der Waals surface area contributed by atoms with Gasteiger partial charge in [-0.05, 0) is 12.5 Å². The van der Waals surface area contributed by atoms with E-state index >= 15 is 0 Å². The number of nitrogens with one attached hydrogen (secondary N) is 2. The normalized spacial score (nSPS) is 27.6. The van der Waals surface area contributed by atoms with E-state index in [2.05, 4.69) is 5.32 Å². The van der Waals surface area contributed by atoms with Crippen LogP contribution in [0.1, 0.15) is 6.42 Å². The summed E-state index contributed by atoms with van der Waals surface area (Å²) in [4.78, 5) is 0. The molecule has 0 saturated carbocycles. The van der Waals surface area contributed by atoms with E-state index in [0.29, 0.717) is 6.54 Å². The van der Waals surface area contributed by atoms with E-state index in [0.717, 1.165) is 12.5 Å². The molecule has 4 N–H and O–H groups in total. The fourth-order valence-corrected chi connectivity index (χ4v) is 10.00. The maximum Gasteiger partial charge on any atom is 0.303 e. The zero-order valence-electron chi connectivity index (χ0n) is 8.53. The molecular formula is C4H17N3O4Si4. The molecule has 1 fully saturated rings. The van der Waals surface area contributed by atoms with Gasteiger partial charge in [0, 0.05) is 6.54 Å². The molecule has 88 valence electrons. The smallest absolute Gasteiger partial charge is 0.303 e. The first kappa shape index (κ1) is 13.0. The molecular weight excluding hydrogens is 266 g/mol. The monoisotopic (exact) mass is 283 g/mol. The van der Waals surface area contributed by atoms with Gasteiger partial charge in [-0.1, -0.05) is 0 Å². The lowest BCUT2D eigenvalue weighted by molar-refractivity contribution is 0.327. The Hall–Kier alpha value is -0.0225. The quantitative estimate of drug-likeness (QED) is 0.212. The average Bonchev–Trinajstić information content (AvgIpc) is 2.14. The SMILES string of the molecule is N=C(N)NCCC[SiH]1O[SiH2]O[SiH2]O[SiH2]O1. The third-order valence-corrected chi connectivity index (χ3v) is 9.38. The highest BCUT2D eigenvalue weighted by molar-refractivity contribution is 6.59. The largest absolute Gasteiger partial charge is 0.425 e. The highest BCUT2D eigenvalue weighted by Crippen LogP contribution is 2.01. The molecule has 11 heteroatoms. The summed E-state index contributed by atoms with van der Waals surface area (Å²) in [7, 11) is -3.96. The summed E-state index contributed by atoms with van der Waals surface area (Å²) in [5.74, 6) is 0.0117. The summed E-state index contributed by atoms with van der Waals surface area (Å²) < 4.78 is 21.8. The first-order valence-corrected chi connectivity index (χ1v) is 9.98. The van der Waals surface area contributed by atoms with Crippen LogP contribution in [0.3, 0.4) is 0 Å². The van der Waals surface area contributed by atoms with Gasteiger partial charge >= 0.3 is 9.28 Å². The zero-order valence-corrected chi connectivity index (χ0v) is 13.9. The molecule has 0 atom stereocenters. The maximum atomic E-state index is 6.97. The van der Waals surface area contributed by atoms with Gasteiger partial charge in [-0.15, -0.1) is 0 Å². The van der Waals surface area contributed by atoms with Gasteiger partial charge in [0.1, 0.15) is 0 Å². The van der Waals surface area contributed by atoms with Crippen molar-refractivity contribution in [3.8, 4) is 0 Å². The minimum absolute atomic E-state index is 0.0117. The standard InChI is InChI=1S/C4H17N3O4Si4/c5-4(6)7-2-1-3-15-10-13-8-12-9-14-11-15/h15H,1-3,12-14H2,(H4,5,6,7). The minimum atomic E-state index is -1.52. The predicted octanol–water partition coefficient (Wildman–Crippen LogP) is -3.84. The molecule has 0 spiro atoms. The van der Waals surface area contributed by atoms with Crippen molar-refractivity contribution in [2.75, 3.05) is 6.54 Å². The van der Waals surface area contributed by atoms with Gasteiger partial charge in [0.25, 0.3) is 30.0 Å². The zero-order chi connectivity index (χ0) is 10.9. The van der Waals surface area contributed by atoms with Crippen molar-refractivity contribution in [1.82, 2.24) is 5.32 Å². The molecule has 7 nitrogen and oxygen atoms in total. The van der Waals surface area contributed by atoms with Gasteiger partial charge < -0.3 is 27.5 Å². The summed E-state index contributed by atoms with van der Waals surface area (Å²) in [6.45, 7) is 0.700. The number of nitrogens with two attached hydrogens (primary N) is 1. The summed E-state index contributed by atoms with van der Waals surface area (Å²) in [6, 6.07) is 0.925. The van der Waals surface area contributed by atoms with Crippen LogP contribution in [0.2, 0.25) is 6.04 Å². The van der Waals surface area contributed by atoms with Crippen LogP contribution >= 0.6 is 0 Å². The Kier molecular flexibility index (Phi) is 7.10. The van der Waals surface area contributed by atoms with Crippen LogP contribution in [0.5, 0.6) is 0 Å². The first-order valence-electron chi connectivity index (χ1n) is 4.75. The van der Waals surface area contributed by atoms with Crippen LogP contribution in [0.4, 0.5) is 0 Å². The maximum absolute atomic E-state index is 6.97. The van der Waals surface area contributed by atoms with Gasteiger partial charge in [0.15, 0.2) is 5.96 Å². The highest BCUT2D eigenvalue weighted by atomic mass is 28.4. The van der Waals surface area contributed by atoms with Gasteiger partial charge in [-0.3, -0.25) is 5.41 Å². The summed E-state index contributed by atoms with van der Waals surface area (Å²) in [6.07, 6.45) is 0.913. The Balaban J connectivity index is 2.04. The van der Waals surface area contributed by atoms with Gasteiger partial charge in [-0.25, -0.2) is 0 Å². The Morgan fingerprint density at radius 2 is 1.93 bits per heavy atom. The molecule has 0 bridgehead atoms. The lowest BCUT2D eigenvalue weighted by atomic mass is 10.5. The lowest BCUT2D eigenvalue weighted by Crippen LogP contribution is -2.35. The van der Waals surface area contributed by atoms with Crippen LogP contribution in [0.15, 0.2) is 0 Å². The van der Waals surface area contributed by atoms with Crippen molar-refractivity contribution >= 4 is 45.3 Å². The van der Waals surface area contributed by atoms with Crippen LogP contribution in [0.25, 0.3) is 0 Å². The average molecular weight is 284 g/mol. The molecule has 0 aromatic carbocycles. The molecule has 15 heavy (non-hydrogen) atoms. The Labute approximate surface area is 97.5 Å². The Bertz CT molecular complexity index is 191. The van der Waals surface area contributed by atoms with E-state index in [4.69, 9.17) is 27.6 Å². The van der Waals surface area contributed by atoms with Gasteiger partial charge in [0.2, 0.25) is 0 Å². The molecule has 1 saturated heterocycles.